The summed E-state index contributed by atoms with van der Waals surface area (Å²) in [6, 6.07) is 11.6. The largest absolute Gasteiger partial charge is 0.370 e. The summed E-state index contributed by atoms with van der Waals surface area (Å²) in [6.07, 6.45) is 0. The van der Waals surface area contributed by atoms with E-state index >= 15 is 0 Å². The third-order valence-corrected chi connectivity index (χ3v) is 4.73. The molecule has 1 heterocycles. The van der Waals surface area contributed by atoms with Crippen LogP contribution in [-0.2, 0) is 13.1 Å². The molecule has 114 valence electrons. The summed E-state index contributed by atoms with van der Waals surface area (Å²) < 4.78 is 0. The summed E-state index contributed by atoms with van der Waals surface area (Å²) >= 11 is 1.91. The number of aryl methyl sites for hydroxylation is 2. The van der Waals surface area contributed by atoms with Gasteiger partial charge >= 0.3 is 0 Å². The zero-order valence-electron chi connectivity index (χ0n) is 13.7. The predicted molar refractivity (Wildman–Crippen MR) is 94.3 cm³/mol. The van der Waals surface area contributed by atoms with Gasteiger partial charge in [0.15, 0.2) is 0 Å². The second kappa shape index (κ2) is 7.10. The number of nitrogens with zero attached hydrogens (tertiary/aromatic N) is 1. The second-order valence-corrected chi connectivity index (χ2v) is 7.36. The lowest BCUT2D eigenvalue weighted by Gasteiger charge is -2.19. The van der Waals surface area contributed by atoms with E-state index in [9.17, 15) is 0 Å². The van der Waals surface area contributed by atoms with Crippen molar-refractivity contribution < 1.29 is 0 Å². The Morgan fingerprint density at radius 3 is 2.43 bits per heavy atom. The van der Waals surface area contributed by atoms with Crippen LogP contribution in [0.2, 0.25) is 0 Å². The highest BCUT2D eigenvalue weighted by Crippen LogP contribution is 2.24. The first-order valence-electron chi connectivity index (χ1n) is 7.55. The number of anilines is 1. The van der Waals surface area contributed by atoms with Gasteiger partial charge in [-0.15, -0.1) is 11.3 Å². The highest BCUT2D eigenvalue weighted by molar-refractivity contribution is 7.12. The molecule has 0 spiro atoms. The van der Waals surface area contributed by atoms with Crippen LogP contribution in [0.25, 0.3) is 0 Å². The van der Waals surface area contributed by atoms with Crippen LogP contribution in [0.3, 0.4) is 0 Å². The molecular weight excluding hydrogens is 276 g/mol. The van der Waals surface area contributed by atoms with E-state index < -0.39 is 0 Å². The first-order chi connectivity index (χ1) is 9.95. The molecule has 0 bridgehead atoms. The first kappa shape index (κ1) is 16.1. The normalized spacial score (nSPS) is 11.1. The van der Waals surface area contributed by atoms with Gasteiger partial charge in [0.1, 0.15) is 0 Å². The minimum Gasteiger partial charge on any atom is -0.370 e. The summed E-state index contributed by atoms with van der Waals surface area (Å²) in [5.74, 6) is 0. The topological polar surface area (TPSA) is 15.3 Å². The fraction of sp³-hybridized carbons (Fsp3) is 0.444. The van der Waals surface area contributed by atoms with Crippen LogP contribution in [0.1, 0.15) is 34.7 Å². The van der Waals surface area contributed by atoms with Gasteiger partial charge in [-0.05, 0) is 37.6 Å². The monoisotopic (exact) mass is 302 g/mol. The standard InChI is InChI=1S/C18H26N2S/c1-13(2)19-11-18-10-16(15(4)21-18)12-20(5)17-8-6-14(3)7-9-17/h6-10,13,19H,11-12H2,1-5H3. The summed E-state index contributed by atoms with van der Waals surface area (Å²) in [4.78, 5) is 5.16. The number of hydrogen-bond acceptors (Lipinski definition) is 3. The van der Waals surface area contributed by atoms with E-state index in [1.807, 2.05) is 11.3 Å². The summed E-state index contributed by atoms with van der Waals surface area (Å²) in [5, 5.41) is 3.49. The van der Waals surface area contributed by atoms with Gasteiger partial charge in [0.2, 0.25) is 0 Å². The molecule has 1 aromatic heterocycles. The third kappa shape index (κ3) is 4.58. The third-order valence-electron chi connectivity index (χ3n) is 3.64. The Balaban J connectivity index is 2.03. The smallest absolute Gasteiger partial charge is 0.0437 e. The van der Waals surface area contributed by atoms with Crippen molar-refractivity contribution >= 4 is 17.0 Å². The van der Waals surface area contributed by atoms with Gasteiger partial charge in [0.05, 0.1) is 0 Å². The maximum absolute atomic E-state index is 3.49. The fourth-order valence-corrected chi connectivity index (χ4v) is 3.29. The molecule has 1 N–H and O–H groups in total. The average Bonchev–Trinajstić information content (AvgIpc) is 2.78. The molecule has 2 aromatic rings. The summed E-state index contributed by atoms with van der Waals surface area (Å²) in [6.45, 7) is 10.7. The van der Waals surface area contributed by atoms with Crippen molar-refractivity contribution in [2.24, 2.45) is 0 Å². The number of hydrogen-bond donors (Lipinski definition) is 1. The van der Waals surface area contributed by atoms with Crippen LogP contribution >= 0.6 is 11.3 Å². The molecule has 0 saturated carbocycles. The van der Waals surface area contributed by atoms with Crippen LogP contribution in [0, 0.1) is 13.8 Å². The molecule has 0 amide bonds. The van der Waals surface area contributed by atoms with Crippen molar-refractivity contribution in [1.82, 2.24) is 5.32 Å². The lowest BCUT2D eigenvalue weighted by atomic mass is 10.2. The average molecular weight is 302 g/mol. The van der Waals surface area contributed by atoms with Crippen LogP contribution in [0.4, 0.5) is 5.69 Å². The Bertz CT molecular complexity index is 569. The summed E-state index contributed by atoms with van der Waals surface area (Å²) in [5.41, 5.74) is 4.01. The number of benzene rings is 1. The van der Waals surface area contributed by atoms with E-state index in [4.69, 9.17) is 0 Å². The highest BCUT2D eigenvalue weighted by Gasteiger charge is 2.09. The van der Waals surface area contributed by atoms with Crippen LogP contribution in [-0.4, -0.2) is 13.1 Å². The van der Waals surface area contributed by atoms with E-state index in [1.165, 1.54) is 26.6 Å². The van der Waals surface area contributed by atoms with Gasteiger partial charge in [0.25, 0.3) is 0 Å². The first-order valence-corrected chi connectivity index (χ1v) is 8.36. The van der Waals surface area contributed by atoms with E-state index in [0.717, 1.165) is 13.1 Å². The molecular formula is C18H26N2S. The van der Waals surface area contributed by atoms with E-state index in [0.29, 0.717) is 6.04 Å². The van der Waals surface area contributed by atoms with Gasteiger partial charge in [-0.1, -0.05) is 31.5 Å². The Hall–Kier alpha value is -1.32. The number of rotatable bonds is 6. The van der Waals surface area contributed by atoms with E-state index in [1.54, 1.807) is 0 Å². The minimum atomic E-state index is 0.533. The van der Waals surface area contributed by atoms with Crippen molar-refractivity contribution in [3.05, 3.63) is 51.2 Å². The molecule has 2 rings (SSSR count). The Labute approximate surface area is 132 Å². The summed E-state index contributed by atoms with van der Waals surface area (Å²) in [7, 11) is 2.16. The maximum atomic E-state index is 3.49. The van der Waals surface area contributed by atoms with Crippen molar-refractivity contribution in [2.75, 3.05) is 11.9 Å². The van der Waals surface area contributed by atoms with Gasteiger partial charge in [-0.3, -0.25) is 0 Å². The molecule has 0 radical (unpaired) electrons. The quantitative estimate of drug-likeness (QED) is 0.845. The predicted octanol–water partition coefficient (Wildman–Crippen LogP) is 4.50. The van der Waals surface area contributed by atoms with E-state index in [-0.39, 0.29) is 0 Å². The highest BCUT2D eigenvalue weighted by atomic mass is 32.1. The fourth-order valence-electron chi connectivity index (χ4n) is 2.28. The molecule has 0 aliphatic heterocycles. The van der Waals surface area contributed by atoms with Gasteiger partial charge in [0, 0.05) is 41.6 Å². The molecule has 3 heteroatoms. The van der Waals surface area contributed by atoms with Crippen molar-refractivity contribution in [3.63, 3.8) is 0 Å². The van der Waals surface area contributed by atoms with Gasteiger partial charge in [-0.25, -0.2) is 0 Å². The minimum absolute atomic E-state index is 0.533. The zero-order valence-corrected chi connectivity index (χ0v) is 14.6. The second-order valence-electron chi connectivity index (χ2n) is 6.02. The van der Waals surface area contributed by atoms with Crippen molar-refractivity contribution in [1.29, 1.82) is 0 Å². The Kier molecular flexibility index (Phi) is 5.43. The van der Waals surface area contributed by atoms with E-state index in [2.05, 4.69) is 75.3 Å². The van der Waals surface area contributed by atoms with Crippen LogP contribution < -0.4 is 10.2 Å². The molecule has 1 aromatic carbocycles. The van der Waals surface area contributed by atoms with Crippen molar-refractivity contribution in [3.8, 4) is 0 Å². The molecule has 0 fully saturated rings. The van der Waals surface area contributed by atoms with Crippen molar-refractivity contribution in [2.45, 2.75) is 46.8 Å². The number of nitrogens with one attached hydrogen (secondary N) is 1. The van der Waals surface area contributed by atoms with Crippen LogP contribution in [0.5, 0.6) is 0 Å². The Morgan fingerprint density at radius 1 is 1.14 bits per heavy atom. The molecule has 0 aliphatic carbocycles. The lowest BCUT2D eigenvalue weighted by molar-refractivity contribution is 0.593. The molecule has 0 aliphatic rings. The molecule has 0 saturated heterocycles. The molecule has 0 atom stereocenters. The lowest BCUT2D eigenvalue weighted by Crippen LogP contribution is -2.21. The number of thiophene rings is 1. The molecule has 2 nitrogen and oxygen atoms in total. The SMILES string of the molecule is Cc1ccc(N(C)Cc2cc(CNC(C)C)sc2C)cc1. The molecule has 0 unspecified atom stereocenters. The van der Waals surface area contributed by atoms with Gasteiger partial charge in [-0.2, -0.15) is 0 Å². The van der Waals surface area contributed by atoms with Crippen LogP contribution in [0.15, 0.2) is 30.3 Å². The molecule has 21 heavy (non-hydrogen) atoms. The Morgan fingerprint density at radius 2 is 1.81 bits per heavy atom. The van der Waals surface area contributed by atoms with Gasteiger partial charge < -0.3 is 10.2 Å². The zero-order chi connectivity index (χ0) is 15.4. The maximum Gasteiger partial charge on any atom is 0.0437 e.